The summed E-state index contributed by atoms with van der Waals surface area (Å²) >= 11 is 3.24. The zero-order valence-electron chi connectivity index (χ0n) is 12.0. The highest BCUT2D eigenvalue weighted by molar-refractivity contribution is 8.00. The molecule has 0 aliphatic heterocycles. The average molecular weight is 329 g/mol. The van der Waals surface area contributed by atoms with Gasteiger partial charge in [-0.15, -0.1) is 10.2 Å². The monoisotopic (exact) mass is 329 g/mol. The predicted molar refractivity (Wildman–Crippen MR) is 92.2 cm³/mol. The van der Waals surface area contributed by atoms with Crippen molar-refractivity contribution in [1.29, 1.82) is 0 Å². The van der Waals surface area contributed by atoms with E-state index in [4.69, 9.17) is 4.74 Å². The molecule has 112 valence electrons. The lowest BCUT2D eigenvalue weighted by Gasteiger charge is -2.04. The molecule has 0 amide bonds. The molecule has 6 heteroatoms. The Balaban J connectivity index is 1.61. The summed E-state index contributed by atoms with van der Waals surface area (Å²) < 4.78 is 6.16. The molecular weight excluding hydrogens is 314 g/mol. The molecule has 1 N–H and O–H groups in total. The van der Waals surface area contributed by atoms with Gasteiger partial charge in [0.05, 0.1) is 7.11 Å². The van der Waals surface area contributed by atoms with Crippen molar-refractivity contribution in [3.05, 3.63) is 60.2 Å². The Kier molecular flexibility index (Phi) is 4.92. The van der Waals surface area contributed by atoms with Gasteiger partial charge in [-0.3, -0.25) is 0 Å². The number of anilines is 2. The minimum Gasteiger partial charge on any atom is -0.497 e. The fraction of sp³-hybridized carbons (Fsp3) is 0.125. The van der Waals surface area contributed by atoms with Gasteiger partial charge in [-0.05, 0) is 17.7 Å². The van der Waals surface area contributed by atoms with Crippen molar-refractivity contribution in [3.63, 3.8) is 0 Å². The van der Waals surface area contributed by atoms with Gasteiger partial charge in [0.15, 0.2) is 4.34 Å². The molecule has 0 bridgehead atoms. The SMILES string of the molecule is COc1cccc(Nc2nnc(SCc3ccccc3)s2)c1. The number of hydrogen-bond acceptors (Lipinski definition) is 6. The van der Waals surface area contributed by atoms with E-state index < -0.39 is 0 Å². The molecule has 0 fully saturated rings. The van der Waals surface area contributed by atoms with Gasteiger partial charge in [0.2, 0.25) is 5.13 Å². The maximum atomic E-state index is 5.21. The Morgan fingerprint density at radius 1 is 1.09 bits per heavy atom. The van der Waals surface area contributed by atoms with Crippen molar-refractivity contribution in [2.75, 3.05) is 12.4 Å². The first-order valence-corrected chi connectivity index (χ1v) is 8.55. The number of methoxy groups -OCH3 is 1. The van der Waals surface area contributed by atoms with Crippen LogP contribution in [0.15, 0.2) is 58.9 Å². The molecule has 0 aliphatic carbocycles. The Hall–Kier alpha value is -2.05. The predicted octanol–water partition coefficient (Wildman–Crippen LogP) is 4.58. The number of nitrogens with one attached hydrogen (secondary N) is 1. The molecule has 0 atom stereocenters. The second-order valence-electron chi connectivity index (χ2n) is 4.50. The lowest BCUT2D eigenvalue weighted by molar-refractivity contribution is 0.415. The third-order valence-electron chi connectivity index (χ3n) is 2.93. The maximum absolute atomic E-state index is 5.21. The largest absolute Gasteiger partial charge is 0.497 e. The second kappa shape index (κ2) is 7.29. The Bertz CT molecular complexity index is 731. The van der Waals surface area contributed by atoms with Crippen LogP contribution in [0.25, 0.3) is 0 Å². The molecule has 3 aromatic rings. The highest BCUT2D eigenvalue weighted by Crippen LogP contribution is 2.30. The summed E-state index contributed by atoms with van der Waals surface area (Å²) in [6, 6.07) is 18.1. The van der Waals surface area contributed by atoms with Crippen molar-refractivity contribution >= 4 is 33.9 Å². The summed E-state index contributed by atoms with van der Waals surface area (Å²) in [6.45, 7) is 0. The number of rotatable bonds is 6. The third-order valence-corrected chi connectivity index (χ3v) is 4.98. The molecule has 0 radical (unpaired) electrons. The van der Waals surface area contributed by atoms with E-state index in [2.05, 4.69) is 27.6 Å². The molecular formula is C16H15N3OS2. The van der Waals surface area contributed by atoms with E-state index in [9.17, 15) is 0 Å². The van der Waals surface area contributed by atoms with Gasteiger partial charge in [0.1, 0.15) is 5.75 Å². The minimum absolute atomic E-state index is 0.781. The molecule has 4 nitrogen and oxygen atoms in total. The van der Waals surface area contributed by atoms with Crippen LogP contribution in [0.3, 0.4) is 0 Å². The number of thioether (sulfide) groups is 1. The number of hydrogen-bond donors (Lipinski definition) is 1. The lowest BCUT2D eigenvalue weighted by Crippen LogP contribution is -1.90. The summed E-state index contributed by atoms with van der Waals surface area (Å²) in [5.74, 6) is 1.71. The Morgan fingerprint density at radius 3 is 2.77 bits per heavy atom. The molecule has 2 aromatic carbocycles. The van der Waals surface area contributed by atoms with E-state index in [1.807, 2.05) is 42.5 Å². The molecule has 22 heavy (non-hydrogen) atoms. The van der Waals surface area contributed by atoms with Gasteiger partial charge < -0.3 is 10.1 Å². The van der Waals surface area contributed by atoms with Gasteiger partial charge in [-0.1, -0.05) is 59.5 Å². The number of ether oxygens (including phenoxy) is 1. The zero-order chi connectivity index (χ0) is 15.2. The molecule has 1 aromatic heterocycles. The van der Waals surface area contributed by atoms with Crippen molar-refractivity contribution in [3.8, 4) is 5.75 Å². The van der Waals surface area contributed by atoms with Crippen LogP contribution in [0.2, 0.25) is 0 Å². The van der Waals surface area contributed by atoms with Crippen molar-refractivity contribution in [1.82, 2.24) is 10.2 Å². The molecule has 0 saturated carbocycles. The smallest absolute Gasteiger partial charge is 0.210 e. The summed E-state index contributed by atoms with van der Waals surface area (Å²) in [4.78, 5) is 0. The van der Waals surface area contributed by atoms with Crippen molar-refractivity contribution in [2.45, 2.75) is 10.1 Å². The highest BCUT2D eigenvalue weighted by atomic mass is 32.2. The van der Waals surface area contributed by atoms with Crippen molar-refractivity contribution in [2.24, 2.45) is 0 Å². The quantitative estimate of drug-likeness (QED) is 0.671. The first-order valence-electron chi connectivity index (χ1n) is 6.75. The molecule has 0 saturated heterocycles. The fourth-order valence-corrected chi connectivity index (χ4v) is 3.59. The van der Waals surface area contributed by atoms with Crippen LogP contribution in [-0.2, 0) is 5.75 Å². The second-order valence-corrected chi connectivity index (χ2v) is 6.70. The number of nitrogens with zero attached hydrogens (tertiary/aromatic N) is 2. The van der Waals surface area contributed by atoms with E-state index in [1.54, 1.807) is 30.2 Å². The van der Waals surface area contributed by atoms with Gasteiger partial charge in [-0.2, -0.15) is 0 Å². The molecule has 3 rings (SSSR count). The van der Waals surface area contributed by atoms with E-state index in [0.717, 1.165) is 26.7 Å². The van der Waals surface area contributed by atoms with Crippen molar-refractivity contribution < 1.29 is 4.74 Å². The van der Waals surface area contributed by atoms with Gasteiger partial charge in [0, 0.05) is 17.5 Å². The van der Waals surface area contributed by atoms with Gasteiger partial charge in [-0.25, -0.2) is 0 Å². The first kappa shape index (κ1) is 14.9. The third kappa shape index (κ3) is 3.99. The summed E-state index contributed by atoms with van der Waals surface area (Å²) in [7, 11) is 1.66. The molecule has 1 heterocycles. The van der Waals surface area contributed by atoms with E-state index in [-0.39, 0.29) is 0 Å². The number of aromatic nitrogens is 2. The topological polar surface area (TPSA) is 47.0 Å². The average Bonchev–Trinajstić information content (AvgIpc) is 3.01. The molecule has 0 aliphatic rings. The normalized spacial score (nSPS) is 10.4. The van der Waals surface area contributed by atoms with Crippen LogP contribution in [0.4, 0.5) is 10.8 Å². The maximum Gasteiger partial charge on any atom is 0.210 e. The number of benzene rings is 2. The van der Waals surface area contributed by atoms with Crippen LogP contribution < -0.4 is 10.1 Å². The summed E-state index contributed by atoms with van der Waals surface area (Å²) in [6.07, 6.45) is 0. The first-order chi connectivity index (χ1) is 10.8. The van der Waals surface area contributed by atoms with Crippen LogP contribution in [0.1, 0.15) is 5.56 Å². The minimum atomic E-state index is 0.781. The van der Waals surface area contributed by atoms with Crippen LogP contribution in [0, 0.1) is 0 Å². The van der Waals surface area contributed by atoms with Crippen LogP contribution in [-0.4, -0.2) is 17.3 Å². The fourth-order valence-electron chi connectivity index (χ4n) is 1.86. The van der Waals surface area contributed by atoms with E-state index in [1.165, 1.54) is 5.56 Å². The van der Waals surface area contributed by atoms with Crippen LogP contribution in [0.5, 0.6) is 5.75 Å². The van der Waals surface area contributed by atoms with Gasteiger partial charge in [0.25, 0.3) is 0 Å². The van der Waals surface area contributed by atoms with Crippen LogP contribution >= 0.6 is 23.1 Å². The molecule has 0 spiro atoms. The lowest BCUT2D eigenvalue weighted by atomic mass is 10.2. The Morgan fingerprint density at radius 2 is 1.95 bits per heavy atom. The summed E-state index contributed by atoms with van der Waals surface area (Å²) in [5.41, 5.74) is 2.22. The Labute approximate surface area is 137 Å². The molecule has 0 unspecified atom stereocenters. The van der Waals surface area contributed by atoms with E-state index >= 15 is 0 Å². The van der Waals surface area contributed by atoms with E-state index in [0.29, 0.717) is 0 Å². The van der Waals surface area contributed by atoms with Gasteiger partial charge >= 0.3 is 0 Å². The zero-order valence-corrected chi connectivity index (χ0v) is 13.7. The highest BCUT2D eigenvalue weighted by Gasteiger charge is 2.06. The summed E-state index contributed by atoms with van der Waals surface area (Å²) in [5, 5.41) is 12.4. The standard InChI is InChI=1S/C16H15N3OS2/c1-20-14-9-5-8-13(10-14)17-15-18-19-16(22-15)21-11-12-6-3-2-4-7-12/h2-10H,11H2,1H3,(H,17,18).